The van der Waals surface area contributed by atoms with Crippen molar-refractivity contribution in [2.24, 2.45) is 0 Å². The first-order valence-electron chi connectivity index (χ1n) is 9.66. The molecule has 1 fully saturated rings. The molecule has 0 saturated carbocycles. The highest BCUT2D eigenvalue weighted by Gasteiger charge is 2.25. The predicted molar refractivity (Wildman–Crippen MR) is 108 cm³/mol. The van der Waals surface area contributed by atoms with Crippen LogP contribution in [0.5, 0.6) is 0 Å². The standard InChI is InChI=1S/C22H27ClN2O2/c1-24(22(26)27-17-18-7-3-2-4-8-18)21(13-16-25-14-5-6-15-25)19-9-11-20(23)12-10-19/h2-4,7-12,21H,5-6,13-17H2,1H3/p+1/t21-/m1/s1. The van der Waals surface area contributed by atoms with Gasteiger partial charge in [-0.15, -0.1) is 0 Å². The van der Waals surface area contributed by atoms with E-state index in [1.54, 1.807) is 9.80 Å². The van der Waals surface area contributed by atoms with E-state index in [-0.39, 0.29) is 18.7 Å². The normalized spacial score (nSPS) is 15.5. The van der Waals surface area contributed by atoms with Gasteiger partial charge in [-0.1, -0.05) is 54.1 Å². The first-order chi connectivity index (χ1) is 13.1. The molecule has 5 heteroatoms. The van der Waals surface area contributed by atoms with Gasteiger partial charge >= 0.3 is 6.09 Å². The Morgan fingerprint density at radius 3 is 2.44 bits per heavy atom. The summed E-state index contributed by atoms with van der Waals surface area (Å²) < 4.78 is 5.54. The minimum Gasteiger partial charge on any atom is -0.445 e. The summed E-state index contributed by atoms with van der Waals surface area (Å²) in [7, 11) is 1.83. The fourth-order valence-electron chi connectivity index (χ4n) is 3.68. The molecule has 0 bridgehead atoms. The smallest absolute Gasteiger partial charge is 0.410 e. The van der Waals surface area contributed by atoms with Crippen molar-refractivity contribution in [2.75, 3.05) is 26.7 Å². The Labute approximate surface area is 166 Å². The summed E-state index contributed by atoms with van der Waals surface area (Å²) in [5, 5.41) is 0.706. The zero-order valence-corrected chi connectivity index (χ0v) is 16.6. The van der Waals surface area contributed by atoms with Gasteiger partial charge in [-0.05, 0) is 23.3 Å². The molecule has 1 atom stereocenters. The molecule has 4 nitrogen and oxygen atoms in total. The predicted octanol–water partition coefficient (Wildman–Crippen LogP) is 3.72. The number of likely N-dealkylation sites (tertiary alicyclic amines) is 1. The summed E-state index contributed by atoms with van der Waals surface area (Å²) in [5.41, 5.74) is 2.08. The number of quaternary nitrogens is 1. The molecule has 1 N–H and O–H groups in total. The fourth-order valence-corrected chi connectivity index (χ4v) is 3.81. The largest absolute Gasteiger partial charge is 0.445 e. The van der Waals surface area contributed by atoms with E-state index in [9.17, 15) is 4.79 Å². The van der Waals surface area contributed by atoms with Crippen molar-refractivity contribution in [3.8, 4) is 0 Å². The molecule has 0 spiro atoms. The number of carbonyl (C=O) groups is 1. The van der Waals surface area contributed by atoms with E-state index in [1.165, 1.54) is 25.9 Å². The maximum Gasteiger partial charge on any atom is 0.410 e. The second-order valence-corrected chi connectivity index (χ2v) is 7.65. The summed E-state index contributed by atoms with van der Waals surface area (Å²) in [4.78, 5) is 16.0. The quantitative estimate of drug-likeness (QED) is 0.785. The molecular weight excluding hydrogens is 360 g/mol. The van der Waals surface area contributed by atoms with Gasteiger partial charge in [-0.3, -0.25) is 0 Å². The number of halogens is 1. The van der Waals surface area contributed by atoms with Gasteiger partial charge in [0.15, 0.2) is 0 Å². The van der Waals surface area contributed by atoms with Crippen molar-refractivity contribution in [3.63, 3.8) is 0 Å². The maximum atomic E-state index is 12.7. The number of nitrogens with zero attached hydrogens (tertiary/aromatic N) is 1. The van der Waals surface area contributed by atoms with E-state index >= 15 is 0 Å². The molecule has 0 aliphatic carbocycles. The molecule has 0 radical (unpaired) electrons. The highest BCUT2D eigenvalue weighted by atomic mass is 35.5. The van der Waals surface area contributed by atoms with E-state index in [1.807, 2.05) is 61.6 Å². The average molecular weight is 388 g/mol. The summed E-state index contributed by atoms with van der Waals surface area (Å²) in [6.07, 6.45) is 3.22. The average Bonchev–Trinajstić information content (AvgIpc) is 3.22. The number of benzene rings is 2. The molecule has 2 aromatic carbocycles. The summed E-state index contributed by atoms with van der Waals surface area (Å²) >= 11 is 6.05. The van der Waals surface area contributed by atoms with Crippen molar-refractivity contribution in [1.29, 1.82) is 0 Å². The summed E-state index contributed by atoms with van der Waals surface area (Å²) in [5.74, 6) is 0. The zero-order chi connectivity index (χ0) is 19.1. The highest BCUT2D eigenvalue weighted by Crippen LogP contribution is 2.25. The first kappa shape index (κ1) is 19.7. The molecule has 1 heterocycles. The van der Waals surface area contributed by atoms with Crippen LogP contribution in [0.2, 0.25) is 5.02 Å². The SMILES string of the molecule is CN(C(=O)OCc1ccccc1)[C@H](CC[NH+]1CCCC1)c1ccc(Cl)cc1. The number of hydrogen-bond acceptors (Lipinski definition) is 2. The lowest BCUT2D eigenvalue weighted by molar-refractivity contribution is -0.887. The number of hydrogen-bond donors (Lipinski definition) is 1. The topological polar surface area (TPSA) is 34.0 Å². The summed E-state index contributed by atoms with van der Waals surface area (Å²) in [6.45, 7) is 3.81. The van der Waals surface area contributed by atoms with Crippen LogP contribution in [-0.4, -0.2) is 37.7 Å². The Kier molecular flexibility index (Phi) is 7.13. The highest BCUT2D eigenvalue weighted by molar-refractivity contribution is 6.30. The number of ether oxygens (including phenoxy) is 1. The molecule has 27 heavy (non-hydrogen) atoms. The van der Waals surface area contributed by atoms with Crippen LogP contribution in [-0.2, 0) is 11.3 Å². The van der Waals surface area contributed by atoms with Crippen LogP contribution in [0.15, 0.2) is 54.6 Å². The maximum absolute atomic E-state index is 12.7. The van der Waals surface area contributed by atoms with Gasteiger partial charge in [0.05, 0.1) is 25.7 Å². The van der Waals surface area contributed by atoms with Crippen LogP contribution in [0.4, 0.5) is 4.79 Å². The molecule has 0 unspecified atom stereocenters. The molecule has 2 aromatic rings. The second-order valence-electron chi connectivity index (χ2n) is 7.21. The molecule has 1 aliphatic heterocycles. The van der Waals surface area contributed by atoms with Crippen LogP contribution in [0.25, 0.3) is 0 Å². The van der Waals surface area contributed by atoms with E-state index in [0.29, 0.717) is 5.02 Å². The molecule has 1 saturated heterocycles. The van der Waals surface area contributed by atoms with Crippen LogP contribution in [0, 0.1) is 0 Å². The molecule has 1 amide bonds. The third-order valence-electron chi connectivity index (χ3n) is 5.30. The van der Waals surface area contributed by atoms with Gasteiger partial charge in [0, 0.05) is 31.3 Å². The zero-order valence-electron chi connectivity index (χ0n) is 15.9. The molecule has 1 aliphatic rings. The number of rotatable bonds is 7. The van der Waals surface area contributed by atoms with E-state index in [0.717, 1.165) is 24.1 Å². The number of carbonyl (C=O) groups excluding carboxylic acids is 1. The van der Waals surface area contributed by atoms with Gasteiger partial charge in [-0.2, -0.15) is 0 Å². The molecule has 144 valence electrons. The van der Waals surface area contributed by atoms with Gasteiger partial charge < -0.3 is 14.5 Å². The third kappa shape index (κ3) is 5.72. The Bertz CT molecular complexity index is 715. The first-order valence-corrected chi connectivity index (χ1v) is 10.0. The second kappa shape index (κ2) is 9.77. The molecular formula is C22H28ClN2O2+. The van der Waals surface area contributed by atoms with Gasteiger partial charge in [-0.25, -0.2) is 4.79 Å². The van der Waals surface area contributed by atoms with Crippen LogP contribution >= 0.6 is 11.6 Å². The van der Waals surface area contributed by atoms with E-state index < -0.39 is 0 Å². The summed E-state index contributed by atoms with van der Waals surface area (Å²) in [6, 6.07) is 17.5. The van der Waals surface area contributed by atoms with Crippen molar-refractivity contribution in [3.05, 3.63) is 70.7 Å². The van der Waals surface area contributed by atoms with Crippen LogP contribution in [0.3, 0.4) is 0 Å². The Hall–Kier alpha value is -2.04. The van der Waals surface area contributed by atoms with Crippen molar-refractivity contribution < 1.29 is 14.4 Å². The monoisotopic (exact) mass is 387 g/mol. The number of amides is 1. The lowest BCUT2D eigenvalue weighted by atomic mass is 10.0. The minimum absolute atomic E-state index is 0.0151. The van der Waals surface area contributed by atoms with Gasteiger partial charge in [0.1, 0.15) is 6.61 Å². The van der Waals surface area contributed by atoms with Crippen molar-refractivity contribution in [2.45, 2.75) is 31.9 Å². The third-order valence-corrected chi connectivity index (χ3v) is 5.55. The lowest BCUT2D eigenvalue weighted by Crippen LogP contribution is -3.10. The van der Waals surface area contributed by atoms with E-state index in [4.69, 9.17) is 16.3 Å². The van der Waals surface area contributed by atoms with Crippen molar-refractivity contribution >= 4 is 17.7 Å². The lowest BCUT2D eigenvalue weighted by Gasteiger charge is -2.29. The van der Waals surface area contributed by atoms with E-state index in [2.05, 4.69) is 0 Å². The molecule has 3 rings (SSSR count). The Morgan fingerprint density at radius 2 is 1.78 bits per heavy atom. The fraction of sp³-hybridized carbons (Fsp3) is 0.409. The minimum atomic E-state index is -0.296. The Balaban J connectivity index is 1.65. The Morgan fingerprint density at radius 1 is 1.11 bits per heavy atom. The van der Waals surface area contributed by atoms with Gasteiger partial charge in [0.25, 0.3) is 0 Å². The number of nitrogens with one attached hydrogen (secondary N) is 1. The molecule has 0 aromatic heterocycles. The van der Waals surface area contributed by atoms with Crippen LogP contribution in [0.1, 0.15) is 36.4 Å². The van der Waals surface area contributed by atoms with Crippen LogP contribution < -0.4 is 4.90 Å². The van der Waals surface area contributed by atoms with Gasteiger partial charge in [0.2, 0.25) is 0 Å². The van der Waals surface area contributed by atoms with Crippen molar-refractivity contribution in [1.82, 2.24) is 4.90 Å².